The molecule has 0 heterocycles. The van der Waals surface area contributed by atoms with Crippen molar-refractivity contribution in [2.45, 2.75) is 13.0 Å². The Hall–Kier alpha value is -1.17. The number of rotatable bonds is 1. The van der Waals surface area contributed by atoms with Crippen LogP contribution < -0.4 is 5.73 Å². The standard InChI is InChI=1S/C5H7NO2/c1-3-4(2)8-5(6)7/h1,4H,2H3,(H2,6,7). The van der Waals surface area contributed by atoms with Crippen molar-refractivity contribution >= 4 is 6.09 Å². The zero-order valence-corrected chi connectivity index (χ0v) is 4.55. The number of ether oxygens (including phenoxy) is 1. The van der Waals surface area contributed by atoms with Crippen molar-refractivity contribution < 1.29 is 9.53 Å². The number of amides is 1. The van der Waals surface area contributed by atoms with Gasteiger partial charge in [0.1, 0.15) is 0 Å². The second kappa shape index (κ2) is 2.92. The van der Waals surface area contributed by atoms with E-state index in [9.17, 15) is 4.79 Å². The molecule has 0 aliphatic heterocycles. The summed E-state index contributed by atoms with van der Waals surface area (Å²) in [5.41, 5.74) is 4.61. The van der Waals surface area contributed by atoms with Gasteiger partial charge in [0.25, 0.3) is 0 Å². The molecule has 0 bridgehead atoms. The minimum atomic E-state index is -0.838. The van der Waals surface area contributed by atoms with Gasteiger partial charge in [-0.05, 0) is 6.92 Å². The van der Waals surface area contributed by atoms with Crippen molar-refractivity contribution in [3.63, 3.8) is 0 Å². The highest BCUT2D eigenvalue weighted by molar-refractivity contribution is 5.65. The Morgan fingerprint density at radius 1 is 2.00 bits per heavy atom. The fourth-order valence-electron chi connectivity index (χ4n) is 0.208. The summed E-state index contributed by atoms with van der Waals surface area (Å²) in [4.78, 5) is 9.87. The Balaban J connectivity index is 3.43. The Bertz CT molecular complexity index is 125. The highest BCUT2D eigenvalue weighted by Crippen LogP contribution is 1.84. The van der Waals surface area contributed by atoms with Crippen LogP contribution in [0.3, 0.4) is 0 Å². The van der Waals surface area contributed by atoms with Gasteiger partial charge in [-0.25, -0.2) is 4.79 Å². The molecule has 3 nitrogen and oxygen atoms in total. The summed E-state index contributed by atoms with van der Waals surface area (Å²) in [7, 11) is 0. The highest BCUT2D eigenvalue weighted by atomic mass is 16.6. The van der Waals surface area contributed by atoms with Crippen LogP contribution in [0.15, 0.2) is 0 Å². The zero-order chi connectivity index (χ0) is 6.57. The van der Waals surface area contributed by atoms with Gasteiger partial charge in [0.15, 0.2) is 6.10 Å². The molecule has 0 spiro atoms. The molecule has 0 saturated carbocycles. The van der Waals surface area contributed by atoms with Crippen molar-refractivity contribution in [2.75, 3.05) is 0 Å². The molecule has 2 N–H and O–H groups in total. The second-order valence-corrected chi connectivity index (χ2v) is 1.25. The van der Waals surface area contributed by atoms with Gasteiger partial charge in [0.05, 0.1) is 0 Å². The average Bonchev–Trinajstić information content (AvgIpc) is 1.65. The van der Waals surface area contributed by atoms with Crippen LogP contribution in [0.1, 0.15) is 6.92 Å². The van der Waals surface area contributed by atoms with E-state index in [1.54, 1.807) is 6.92 Å². The molecule has 0 aromatic carbocycles. The van der Waals surface area contributed by atoms with E-state index >= 15 is 0 Å². The van der Waals surface area contributed by atoms with Gasteiger partial charge in [-0.1, -0.05) is 5.92 Å². The Morgan fingerprint density at radius 2 is 2.50 bits per heavy atom. The lowest BCUT2D eigenvalue weighted by molar-refractivity contribution is 0.141. The van der Waals surface area contributed by atoms with Gasteiger partial charge < -0.3 is 10.5 Å². The topological polar surface area (TPSA) is 52.3 Å². The lowest BCUT2D eigenvalue weighted by atomic mass is 10.4. The minimum absolute atomic E-state index is 0.521. The first-order valence-corrected chi connectivity index (χ1v) is 2.09. The van der Waals surface area contributed by atoms with E-state index in [0.717, 1.165) is 0 Å². The van der Waals surface area contributed by atoms with E-state index in [1.807, 2.05) is 0 Å². The van der Waals surface area contributed by atoms with Crippen LogP contribution >= 0.6 is 0 Å². The predicted molar refractivity (Wildman–Crippen MR) is 29.0 cm³/mol. The summed E-state index contributed by atoms with van der Waals surface area (Å²) in [5, 5.41) is 0. The molecule has 0 aromatic heterocycles. The summed E-state index contributed by atoms with van der Waals surface area (Å²) in [6.45, 7) is 1.56. The van der Waals surface area contributed by atoms with Crippen LogP contribution in [-0.2, 0) is 4.74 Å². The number of carbonyl (C=O) groups is 1. The van der Waals surface area contributed by atoms with Crippen LogP contribution in [0.4, 0.5) is 4.79 Å². The van der Waals surface area contributed by atoms with Crippen LogP contribution in [0.5, 0.6) is 0 Å². The third kappa shape index (κ3) is 3.04. The van der Waals surface area contributed by atoms with Gasteiger partial charge in [0.2, 0.25) is 0 Å². The quantitative estimate of drug-likeness (QED) is 0.490. The zero-order valence-electron chi connectivity index (χ0n) is 4.55. The normalized spacial score (nSPS) is 11.5. The number of terminal acetylenes is 1. The van der Waals surface area contributed by atoms with Crippen molar-refractivity contribution in [1.29, 1.82) is 0 Å². The molecule has 0 fully saturated rings. The summed E-state index contributed by atoms with van der Waals surface area (Å²) in [6.07, 6.45) is 3.48. The van der Waals surface area contributed by atoms with Crippen molar-refractivity contribution in [3.05, 3.63) is 0 Å². The Labute approximate surface area is 47.8 Å². The van der Waals surface area contributed by atoms with E-state index in [-0.39, 0.29) is 0 Å². The van der Waals surface area contributed by atoms with Crippen LogP contribution in [-0.4, -0.2) is 12.2 Å². The Kier molecular flexibility index (Phi) is 2.49. The number of primary amides is 1. The van der Waals surface area contributed by atoms with Gasteiger partial charge >= 0.3 is 6.09 Å². The molecule has 0 saturated heterocycles. The van der Waals surface area contributed by atoms with Gasteiger partial charge in [-0.15, -0.1) is 6.42 Å². The molecule has 0 aliphatic rings. The average molecular weight is 113 g/mol. The van der Waals surface area contributed by atoms with Gasteiger partial charge in [-0.3, -0.25) is 0 Å². The molecule has 0 aromatic rings. The molecule has 3 heteroatoms. The molecular formula is C5H7NO2. The predicted octanol–water partition coefficient (Wildman–Crippen LogP) is 0.103. The third-order valence-corrected chi connectivity index (χ3v) is 0.528. The number of carbonyl (C=O) groups excluding carboxylic acids is 1. The fourth-order valence-corrected chi connectivity index (χ4v) is 0.208. The van der Waals surface area contributed by atoms with Gasteiger partial charge in [-0.2, -0.15) is 0 Å². The van der Waals surface area contributed by atoms with Crippen molar-refractivity contribution in [3.8, 4) is 12.3 Å². The Morgan fingerprint density at radius 3 is 2.62 bits per heavy atom. The van der Waals surface area contributed by atoms with E-state index in [1.165, 1.54) is 0 Å². The lowest BCUT2D eigenvalue weighted by Crippen LogP contribution is -2.18. The lowest BCUT2D eigenvalue weighted by Gasteiger charge is -2.00. The van der Waals surface area contributed by atoms with E-state index < -0.39 is 12.2 Å². The smallest absolute Gasteiger partial charge is 0.405 e. The van der Waals surface area contributed by atoms with Crippen LogP contribution in [0.2, 0.25) is 0 Å². The molecule has 1 amide bonds. The molecule has 1 atom stereocenters. The number of nitrogens with two attached hydrogens (primary N) is 1. The van der Waals surface area contributed by atoms with E-state index in [2.05, 4.69) is 16.4 Å². The minimum Gasteiger partial charge on any atom is -0.433 e. The maximum absolute atomic E-state index is 9.87. The summed E-state index contributed by atoms with van der Waals surface area (Å²) in [6, 6.07) is 0. The maximum Gasteiger partial charge on any atom is 0.405 e. The fraction of sp³-hybridized carbons (Fsp3) is 0.400. The maximum atomic E-state index is 9.87. The summed E-state index contributed by atoms with van der Waals surface area (Å²) < 4.78 is 4.30. The first kappa shape index (κ1) is 6.83. The largest absolute Gasteiger partial charge is 0.433 e. The third-order valence-electron chi connectivity index (χ3n) is 0.528. The molecule has 1 unspecified atom stereocenters. The summed E-state index contributed by atoms with van der Waals surface area (Å²) in [5.74, 6) is 2.17. The molecule has 0 radical (unpaired) electrons. The monoisotopic (exact) mass is 113 g/mol. The number of hydrogen-bond donors (Lipinski definition) is 1. The first-order valence-electron chi connectivity index (χ1n) is 2.09. The number of hydrogen-bond acceptors (Lipinski definition) is 2. The molecule has 44 valence electrons. The van der Waals surface area contributed by atoms with Crippen molar-refractivity contribution in [2.24, 2.45) is 5.73 Å². The molecule has 8 heavy (non-hydrogen) atoms. The SMILES string of the molecule is C#CC(C)OC(N)=O. The highest BCUT2D eigenvalue weighted by Gasteiger charge is 1.97. The first-order chi connectivity index (χ1) is 3.66. The van der Waals surface area contributed by atoms with Crippen LogP contribution in [0.25, 0.3) is 0 Å². The van der Waals surface area contributed by atoms with Crippen LogP contribution in [0, 0.1) is 12.3 Å². The molecular weight excluding hydrogens is 106 g/mol. The molecule has 0 aliphatic carbocycles. The van der Waals surface area contributed by atoms with Gasteiger partial charge in [0, 0.05) is 0 Å². The van der Waals surface area contributed by atoms with E-state index in [4.69, 9.17) is 6.42 Å². The summed E-state index contributed by atoms with van der Waals surface area (Å²) >= 11 is 0. The van der Waals surface area contributed by atoms with E-state index in [0.29, 0.717) is 0 Å². The second-order valence-electron chi connectivity index (χ2n) is 1.25. The molecule has 0 rings (SSSR count). The van der Waals surface area contributed by atoms with Crippen molar-refractivity contribution in [1.82, 2.24) is 0 Å².